The van der Waals surface area contributed by atoms with E-state index < -0.39 is 0 Å². The summed E-state index contributed by atoms with van der Waals surface area (Å²) in [5.41, 5.74) is 2.80. The van der Waals surface area contributed by atoms with Gasteiger partial charge in [0.1, 0.15) is 17.2 Å². The zero-order chi connectivity index (χ0) is 26.0. The van der Waals surface area contributed by atoms with Crippen LogP contribution in [0.4, 0.5) is 0 Å². The molecule has 35 heavy (non-hydrogen) atoms. The monoisotopic (exact) mass is 499 g/mol. The molecule has 0 heterocycles. The topological polar surface area (TPSA) is 50.8 Å². The fourth-order valence-electron chi connectivity index (χ4n) is 3.50. The van der Waals surface area contributed by atoms with Gasteiger partial charge in [0.25, 0.3) is 0 Å². The molecule has 0 aliphatic heterocycles. The summed E-state index contributed by atoms with van der Waals surface area (Å²) in [7, 11) is 0.548. The van der Waals surface area contributed by atoms with Crippen LogP contribution in [0.1, 0.15) is 77.5 Å². The Kier molecular flexibility index (Phi) is 12.1. The van der Waals surface area contributed by atoms with Crippen molar-refractivity contribution in [1.82, 2.24) is 0 Å². The molecule has 0 saturated heterocycles. The Morgan fingerprint density at radius 2 is 1.17 bits per heavy atom. The lowest BCUT2D eigenvalue weighted by molar-refractivity contribution is -0.207. The Hall–Kier alpha value is -2.03. The second-order valence-corrected chi connectivity index (χ2v) is 11.6. The molecule has 0 saturated carbocycles. The number of aryl methyl sites for hydroxylation is 2. The predicted octanol–water partition coefficient (Wildman–Crippen LogP) is 6.69. The lowest BCUT2D eigenvalue weighted by Gasteiger charge is -2.21. The van der Waals surface area contributed by atoms with E-state index in [1.165, 1.54) is 0 Å². The highest BCUT2D eigenvalue weighted by atomic mass is 31.1. The molecule has 0 aliphatic carbocycles. The number of hydrogen-bond acceptors (Lipinski definition) is 4. The van der Waals surface area contributed by atoms with E-state index in [9.17, 15) is 5.11 Å². The van der Waals surface area contributed by atoms with E-state index in [0.29, 0.717) is 57.3 Å². The predicted molar refractivity (Wildman–Crippen MR) is 148 cm³/mol. The molecule has 0 amide bonds. The largest absolute Gasteiger partial charge is 0.823 e. The van der Waals surface area contributed by atoms with Gasteiger partial charge >= 0.3 is 0 Å². The summed E-state index contributed by atoms with van der Waals surface area (Å²) in [4.78, 5) is 0. The van der Waals surface area contributed by atoms with Crippen molar-refractivity contribution in [3.63, 3.8) is 0 Å². The van der Waals surface area contributed by atoms with Crippen molar-refractivity contribution in [2.24, 2.45) is 17.8 Å². The highest BCUT2D eigenvalue weighted by molar-refractivity contribution is 7.49. The first-order valence-electron chi connectivity index (χ1n) is 13.0. The summed E-state index contributed by atoms with van der Waals surface area (Å²) in [5.74, 6) is 3.69. The van der Waals surface area contributed by atoms with Gasteiger partial charge in [-0.3, -0.25) is 0 Å². The molecule has 0 atom stereocenters. The smallest absolute Gasteiger partial charge is 0.138 e. The highest BCUT2D eigenvalue weighted by Crippen LogP contribution is 2.32. The second kappa shape index (κ2) is 14.5. The first kappa shape index (κ1) is 29.2. The van der Waals surface area contributed by atoms with Gasteiger partial charge < -0.3 is 19.3 Å². The number of hydrogen-bond donors (Lipinski definition) is 0. The molecule has 0 fully saturated rings. The van der Waals surface area contributed by atoms with E-state index in [1.807, 2.05) is 44.2 Å². The average Bonchev–Trinajstić information content (AvgIpc) is 2.75. The van der Waals surface area contributed by atoms with Gasteiger partial charge in [0.15, 0.2) is 0 Å². The maximum absolute atomic E-state index is 13.5. The van der Waals surface area contributed by atoms with Crippen LogP contribution in [0, 0.1) is 31.6 Å². The van der Waals surface area contributed by atoms with Crippen molar-refractivity contribution in [3.05, 3.63) is 47.0 Å². The van der Waals surface area contributed by atoms with Crippen molar-refractivity contribution >= 4 is 19.0 Å². The number of ether oxygens (including phenoxy) is 3. The minimum absolute atomic E-state index is 0.0523. The van der Waals surface area contributed by atoms with Crippen LogP contribution in [-0.2, 0) is 0 Å². The third-order valence-electron chi connectivity index (χ3n) is 5.79. The molecule has 2 rings (SSSR count). The first-order chi connectivity index (χ1) is 16.6. The average molecular weight is 500 g/mol. The number of rotatable bonds is 14. The van der Waals surface area contributed by atoms with Crippen LogP contribution < -0.4 is 24.6 Å². The molecular formula is C30H44O4P-. The molecule has 0 N–H and O–H groups in total. The quantitative estimate of drug-likeness (QED) is 0.272. The third-order valence-corrected chi connectivity index (χ3v) is 6.88. The lowest BCUT2D eigenvalue weighted by atomic mass is 10.0. The molecule has 5 heteroatoms. The van der Waals surface area contributed by atoms with E-state index in [1.54, 1.807) is 0 Å². The van der Waals surface area contributed by atoms with E-state index in [2.05, 4.69) is 41.5 Å². The SMILES string of the molecule is Cc1cccc(C)c1C([O-])=Pc1c(OCCC(C)C)cc(OCCC(C)C)cc1OCCC(C)C. The molecule has 0 spiro atoms. The molecule has 4 nitrogen and oxygen atoms in total. The summed E-state index contributed by atoms with van der Waals surface area (Å²) in [5, 5.41) is 14.3. The van der Waals surface area contributed by atoms with Crippen molar-refractivity contribution in [3.8, 4) is 17.2 Å². The Bertz CT molecular complexity index is 908. The van der Waals surface area contributed by atoms with Gasteiger partial charge in [0, 0.05) is 12.1 Å². The Labute approximate surface area is 214 Å². The van der Waals surface area contributed by atoms with Crippen LogP contribution in [0.25, 0.3) is 0 Å². The van der Waals surface area contributed by atoms with E-state index >= 15 is 0 Å². The minimum atomic E-state index is 0.0523. The molecule has 194 valence electrons. The van der Waals surface area contributed by atoms with Crippen LogP contribution in [0.15, 0.2) is 30.3 Å². The number of benzene rings is 2. The van der Waals surface area contributed by atoms with Crippen molar-refractivity contribution < 1.29 is 19.3 Å². The van der Waals surface area contributed by atoms with Crippen molar-refractivity contribution in [2.45, 2.75) is 74.7 Å². The summed E-state index contributed by atoms with van der Waals surface area (Å²) in [6.07, 6.45) is 2.84. The summed E-state index contributed by atoms with van der Waals surface area (Å²) >= 11 is 0. The summed E-state index contributed by atoms with van der Waals surface area (Å²) < 4.78 is 18.6. The van der Waals surface area contributed by atoms with E-state index in [-0.39, 0.29) is 5.48 Å². The van der Waals surface area contributed by atoms with E-state index in [4.69, 9.17) is 14.2 Å². The molecule has 2 aromatic carbocycles. The van der Waals surface area contributed by atoms with Crippen LogP contribution in [0.2, 0.25) is 0 Å². The summed E-state index contributed by atoms with van der Waals surface area (Å²) in [6.45, 7) is 18.9. The standard InChI is InChI=1S/C30H45O4P/c1-20(2)12-15-32-25-18-26(33-16-13-21(3)4)29(27(19-25)34-17-14-22(5)6)35-30(31)28-23(7)10-9-11-24(28)8/h9-11,18-22,31H,12-17H2,1-8H3/p-1. The van der Waals surface area contributed by atoms with Crippen molar-refractivity contribution in [2.75, 3.05) is 19.8 Å². The maximum Gasteiger partial charge on any atom is 0.138 e. The highest BCUT2D eigenvalue weighted by Gasteiger charge is 2.15. The van der Waals surface area contributed by atoms with Gasteiger partial charge in [0.2, 0.25) is 0 Å². The molecular weight excluding hydrogens is 455 g/mol. The first-order valence-corrected chi connectivity index (χ1v) is 13.9. The third kappa shape index (κ3) is 9.86. The van der Waals surface area contributed by atoms with Crippen LogP contribution in [0.3, 0.4) is 0 Å². The van der Waals surface area contributed by atoms with Gasteiger partial charge in [-0.2, -0.15) is 0 Å². The van der Waals surface area contributed by atoms with Gasteiger partial charge in [-0.15, -0.1) is 5.48 Å². The van der Waals surface area contributed by atoms with E-state index in [0.717, 1.165) is 47.0 Å². The van der Waals surface area contributed by atoms with Gasteiger partial charge in [0.05, 0.1) is 25.1 Å². The Morgan fingerprint density at radius 3 is 1.60 bits per heavy atom. The molecule has 0 radical (unpaired) electrons. The lowest BCUT2D eigenvalue weighted by Crippen LogP contribution is -2.21. The fourth-order valence-corrected chi connectivity index (χ4v) is 4.65. The Morgan fingerprint density at radius 1 is 0.743 bits per heavy atom. The zero-order valence-corrected chi connectivity index (χ0v) is 23.8. The maximum atomic E-state index is 13.5. The molecule has 0 unspecified atom stereocenters. The normalized spacial score (nSPS) is 12.1. The van der Waals surface area contributed by atoms with Crippen molar-refractivity contribution in [1.29, 1.82) is 0 Å². The molecule has 2 aromatic rings. The van der Waals surface area contributed by atoms with Crippen LogP contribution in [0.5, 0.6) is 17.2 Å². The van der Waals surface area contributed by atoms with Crippen LogP contribution >= 0.6 is 8.20 Å². The summed E-state index contributed by atoms with van der Waals surface area (Å²) in [6, 6.07) is 9.82. The minimum Gasteiger partial charge on any atom is -0.823 e. The van der Waals surface area contributed by atoms with Crippen LogP contribution in [-0.4, -0.2) is 25.3 Å². The second-order valence-electron chi connectivity index (χ2n) is 10.5. The molecule has 0 bridgehead atoms. The zero-order valence-electron chi connectivity index (χ0n) is 22.9. The van der Waals surface area contributed by atoms with Gasteiger partial charge in [-0.1, -0.05) is 67.9 Å². The van der Waals surface area contributed by atoms with Gasteiger partial charge in [-0.25, -0.2) is 0 Å². The fraction of sp³-hybridized carbons (Fsp3) is 0.567. The molecule has 0 aliphatic rings. The van der Waals surface area contributed by atoms with Gasteiger partial charge in [-0.05, 0) is 67.6 Å². The molecule has 0 aromatic heterocycles. The Balaban J connectivity index is 2.53.